The Morgan fingerprint density at radius 2 is 1.56 bits per heavy atom. The molecule has 142 valence electrons. The molecular formula is C21H24FN3O2. The van der Waals surface area contributed by atoms with E-state index in [1.807, 2.05) is 37.3 Å². The highest BCUT2D eigenvalue weighted by atomic mass is 19.1. The summed E-state index contributed by atoms with van der Waals surface area (Å²) in [6.45, 7) is 3.95. The molecule has 6 heteroatoms. The van der Waals surface area contributed by atoms with E-state index < -0.39 is 0 Å². The van der Waals surface area contributed by atoms with Crippen LogP contribution in [0.2, 0.25) is 0 Å². The first kappa shape index (κ1) is 18.9. The van der Waals surface area contributed by atoms with Crippen LogP contribution in [-0.4, -0.2) is 47.9 Å². The Kier molecular flexibility index (Phi) is 6.06. The molecule has 1 aliphatic heterocycles. The van der Waals surface area contributed by atoms with Gasteiger partial charge in [-0.2, -0.15) is 0 Å². The fraction of sp³-hybridized carbons (Fsp3) is 0.333. The van der Waals surface area contributed by atoms with Crippen molar-refractivity contribution in [2.45, 2.75) is 13.3 Å². The summed E-state index contributed by atoms with van der Waals surface area (Å²) in [4.78, 5) is 28.5. The summed E-state index contributed by atoms with van der Waals surface area (Å²) in [6.07, 6.45) is 0.577. The molecule has 1 fully saturated rings. The highest BCUT2D eigenvalue weighted by molar-refractivity contribution is 5.89. The largest absolute Gasteiger partial charge is 0.339 e. The third-order valence-corrected chi connectivity index (χ3v) is 4.78. The Balaban J connectivity index is 1.48. The van der Waals surface area contributed by atoms with Gasteiger partial charge in [0.1, 0.15) is 5.82 Å². The lowest BCUT2D eigenvalue weighted by atomic mass is 9.99. The molecular weight excluding hydrogens is 345 g/mol. The van der Waals surface area contributed by atoms with Gasteiger partial charge in [0.15, 0.2) is 0 Å². The normalized spacial score (nSPS) is 15.3. The summed E-state index contributed by atoms with van der Waals surface area (Å²) in [6, 6.07) is 15.4. The number of benzene rings is 2. The number of para-hydroxylation sites is 1. The van der Waals surface area contributed by atoms with Crippen molar-refractivity contribution < 1.29 is 14.0 Å². The van der Waals surface area contributed by atoms with Crippen LogP contribution in [0.15, 0.2) is 54.6 Å². The van der Waals surface area contributed by atoms with Crippen molar-refractivity contribution in [2.75, 3.05) is 31.5 Å². The highest BCUT2D eigenvalue weighted by Gasteiger charge is 2.27. The van der Waals surface area contributed by atoms with Gasteiger partial charge in [-0.25, -0.2) is 9.18 Å². The lowest BCUT2D eigenvalue weighted by Gasteiger charge is -2.36. The first-order valence-corrected chi connectivity index (χ1v) is 9.17. The number of hydrogen-bond acceptors (Lipinski definition) is 2. The Morgan fingerprint density at radius 1 is 0.963 bits per heavy atom. The number of piperazine rings is 1. The first-order chi connectivity index (χ1) is 13.0. The van der Waals surface area contributed by atoms with Crippen molar-refractivity contribution in [2.24, 2.45) is 5.92 Å². The molecule has 0 bridgehead atoms. The van der Waals surface area contributed by atoms with Crippen molar-refractivity contribution in [3.8, 4) is 0 Å². The molecule has 0 radical (unpaired) electrons. The molecule has 2 aromatic carbocycles. The number of amides is 3. The van der Waals surface area contributed by atoms with Gasteiger partial charge in [-0.05, 0) is 36.2 Å². The molecule has 0 aromatic heterocycles. The van der Waals surface area contributed by atoms with Gasteiger partial charge in [0.05, 0.1) is 0 Å². The molecule has 1 heterocycles. The number of carbonyl (C=O) groups is 2. The van der Waals surface area contributed by atoms with Gasteiger partial charge in [0.25, 0.3) is 0 Å². The van der Waals surface area contributed by atoms with Crippen molar-refractivity contribution in [1.82, 2.24) is 9.80 Å². The van der Waals surface area contributed by atoms with Gasteiger partial charge in [0.2, 0.25) is 5.91 Å². The second-order valence-electron chi connectivity index (χ2n) is 6.84. The number of rotatable bonds is 4. The van der Waals surface area contributed by atoms with Crippen LogP contribution in [0.3, 0.4) is 0 Å². The van der Waals surface area contributed by atoms with E-state index in [0.717, 1.165) is 11.3 Å². The molecule has 1 saturated heterocycles. The minimum absolute atomic E-state index is 0.0717. The number of nitrogens with zero attached hydrogens (tertiary/aromatic N) is 2. The second kappa shape index (κ2) is 8.66. The Morgan fingerprint density at radius 3 is 2.19 bits per heavy atom. The van der Waals surface area contributed by atoms with Gasteiger partial charge in [-0.15, -0.1) is 0 Å². The second-order valence-corrected chi connectivity index (χ2v) is 6.84. The van der Waals surface area contributed by atoms with E-state index in [-0.39, 0.29) is 23.7 Å². The van der Waals surface area contributed by atoms with Crippen molar-refractivity contribution >= 4 is 17.6 Å². The molecule has 0 spiro atoms. The molecule has 27 heavy (non-hydrogen) atoms. The third-order valence-electron chi connectivity index (χ3n) is 4.78. The molecule has 3 amide bonds. The van der Waals surface area contributed by atoms with Crippen LogP contribution < -0.4 is 5.32 Å². The molecule has 1 N–H and O–H groups in total. The number of anilines is 1. The summed E-state index contributed by atoms with van der Waals surface area (Å²) in [7, 11) is 0. The van der Waals surface area contributed by atoms with Gasteiger partial charge in [0, 0.05) is 37.8 Å². The Hall–Kier alpha value is -2.89. The number of halogens is 1. The maximum absolute atomic E-state index is 13.0. The van der Waals surface area contributed by atoms with Crippen molar-refractivity contribution in [3.05, 3.63) is 66.0 Å². The Bertz CT molecular complexity index is 772. The number of carbonyl (C=O) groups excluding carboxylic acids is 2. The lowest BCUT2D eigenvalue weighted by Crippen LogP contribution is -2.52. The minimum atomic E-state index is -0.275. The minimum Gasteiger partial charge on any atom is -0.339 e. The summed E-state index contributed by atoms with van der Waals surface area (Å²) in [5, 5.41) is 2.87. The zero-order valence-electron chi connectivity index (χ0n) is 15.4. The van der Waals surface area contributed by atoms with E-state index >= 15 is 0 Å². The van der Waals surface area contributed by atoms with E-state index in [1.165, 1.54) is 12.1 Å². The van der Waals surface area contributed by atoms with E-state index in [2.05, 4.69) is 5.32 Å². The lowest BCUT2D eigenvalue weighted by molar-refractivity contribution is -0.136. The SMILES string of the molecule is CC(Cc1ccc(F)cc1)C(=O)N1CCN(C(=O)Nc2ccccc2)CC1. The standard InChI is InChI=1S/C21H24FN3O2/c1-16(15-17-7-9-18(22)10-8-17)20(26)24-11-13-25(14-12-24)21(27)23-19-5-3-2-4-6-19/h2-10,16H,11-15H2,1H3,(H,23,27). The summed E-state index contributed by atoms with van der Waals surface area (Å²) in [5.74, 6) is -0.384. The van der Waals surface area contributed by atoms with Crippen LogP contribution in [0.4, 0.5) is 14.9 Å². The maximum atomic E-state index is 13.0. The smallest absolute Gasteiger partial charge is 0.321 e. The van der Waals surface area contributed by atoms with Crippen LogP contribution in [0.1, 0.15) is 12.5 Å². The molecule has 0 saturated carbocycles. The summed E-state index contributed by atoms with van der Waals surface area (Å²) >= 11 is 0. The monoisotopic (exact) mass is 369 g/mol. The Labute approximate surface area is 158 Å². The predicted molar refractivity (Wildman–Crippen MR) is 103 cm³/mol. The first-order valence-electron chi connectivity index (χ1n) is 9.17. The summed E-state index contributed by atoms with van der Waals surface area (Å²) in [5.41, 5.74) is 1.70. The fourth-order valence-electron chi connectivity index (χ4n) is 3.23. The van der Waals surface area contributed by atoms with E-state index in [0.29, 0.717) is 32.6 Å². The highest BCUT2D eigenvalue weighted by Crippen LogP contribution is 2.15. The third kappa shape index (κ3) is 5.06. The number of urea groups is 1. The van der Waals surface area contributed by atoms with Crippen LogP contribution in [0.25, 0.3) is 0 Å². The number of hydrogen-bond donors (Lipinski definition) is 1. The van der Waals surface area contributed by atoms with E-state index in [4.69, 9.17) is 0 Å². The van der Waals surface area contributed by atoms with Gasteiger partial charge >= 0.3 is 6.03 Å². The van der Waals surface area contributed by atoms with Crippen LogP contribution in [0, 0.1) is 11.7 Å². The molecule has 1 unspecified atom stereocenters. The fourth-order valence-corrected chi connectivity index (χ4v) is 3.23. The molecule has 1 aliphatic rings. The summed E-state index contributed by atoms with van der Waals surface area (Å²) < 4.78 is 13.0. The topological polar surface area (TPSA) is 52.7 Å². The average Bonchev–Trinajstić information content (AvgIpc) is 2.70. The van der Waals surface area contributed by atoms with Crippen molar-refractivity contribution in [3.63, 3.8) is 0 Å². The van der Waals surface area contributed by atoms with E-state index in [9.17, 15) is 14.0 Å². The zero-order chi connectivity index (χ0) is 19.2. The van der Waals surface area contributed by atoms with Gasteiger partial charge in [-0.1, -0.05) is 37.3 Å². The molecule has 1 atom stereocenters. The van der Waals surface area contributed by atoms with Crippen molar-refractivity contribution in [1.29, 1.82) is 0 Å². The molecule has 5 nitrogen and oxygen atoms in total. The quantitative estimate of drug-likeness (QED) is 0.898. The average molecular weight is 369 g/mol. The molecule has 0 aliphatic carbocycles. The maximum Gasteiger partial charge on any atom is 0.321 e. The van der Waals surface area contributed by atoms with Crippen LogP contribution >= 0.6 is 0 Å². The van der Waals surface area contributed by atoms with Gasteiger partial charge < -0.3 is 15.1 Å². The number of nitrogens with one attached hydrogen (secondary N) is 1. The zero-order valence-corrected chi connectivity index (χ0v) is 15.4. The van der Waals surface area contributed by atoms with Crippen LogP contribution in [-0.2, 0) is 11.2 Å². The molecule has 2 aromatic rings. The van der Waals surface area contributed by atoms with E-state index in [1.54, 1.807) is 21.9 Å². The van der Waals surface area contributed by atoms with Crippen LogP contribution in [0.5, 0.6) is 0 Å². The predicted octanol–water partition coefficient (Wildman–Crippen LogP) is 3.38. The van der Waals surface area contributed by atoms with Gasteiger partial charge in [-0.3, -0.25) is 4.79 Å². The molecule has 3 rings (SSSR count).